The summed E-state index contributed by atoms with van der Waals surface area (Å²) in [6.07, 6.45) is 0.907. The molecule has 0 aliphatic carbocycles. The molecule has 1 aromatic rings. The number of hydrogen-bond acceptors (Lipinski definition) is 3. The summed E-state index contributed by atoms with van der Waals surface area (Å²) in [4.78, 5) is 0. The lowest BCUT2D eigenvalue weighted by Gasteiger charge is -2.15. The standard InChI is InChI=1S/C12H19NO2/c1-14-9-12(15-2)11-5-3-4-10(8-11)6-7-13/h3-5,8,12H,6-7,9,13H2,1-2H3. The molecule has 2 N–H and O–H groups in total. The average Bonchev–Trinajstić information content (AvgIpc) is 2.27. The fraction of sp³-hybridized carbons (Fsp3) is 0.500. The maximum absolute atomic E-state index is 5.52. The molecule has 0 saturated heterocycles. The molecule has 1 unspecified atom stereocenters. The fourth-order valence-electron chi connectivity index (χ4n) is 1.57. The predicted octanol–water partition coefficient (Wildman–Crippen LogP) is 1.52. The van der Waals surface area contributed by atoms with Gasteiger partial charge < -0.3 is 15.2 Å². The van der Waals surface area contributed by atoms with Crippen molar-refractivity contribution in [1.29, 1.82) is 0 Å². The van der Waals surface area contributed by atoms with Gasteiger partial charge in [-0.2, -0.15) is 0 Å². The van der Waals surface area contributed by atoms with Gasteiger partial charge in [0.1, 0.15) is 6.10 Å². The van der Waals surface area contributed by atoms with Gasteiger partial charge in [-0.3, -0.25) is 0 Å². The van der Waals surface area contributed by atoms with Crippen molar-refractivity contribution < 1.29 is 9.47 Å². The molecule has 0 aromatic heterocycles. The average molecular weight is 209 g/mol. The van der Waals surface area contributed by atoms with Gasteiger partial charge in [-0.05, 0) is 24.1 Å². The Kier molecular flexibility index (Phi) is 5.32. The summed E-state index contributed by atoms with van der Waals surface area (Å²) in [5.74, 6) is 0. The van der Waals surface area contributed by atoms with Crippen LogP contribution in [0.15, 0.2) is 24.3 Å². The molecular weight excluding hydrogens is 190 g/mol. The Morgan fingerprint density at radius 3 is 2.73 bits per heavy atom. The number of ether oxygens (including phenoxy) is 2. The Bertz CT molecular complexity index is 289. The summed E-state index contributed by atoms with van der Waals surface area (Å²) >= 11 is 0. The van der Waals surface area contributed by atoms with Crippen molar-refractivity contribution >= 4 is 0 Å². The van der Waals surface area contributed by atoms with Crippen LogP contribution in [0.4, 0.5) is 0 Å². The summed E-state index contributed by atoms with van der Waals surface area (Å²) in [6.45, 7) is 1.24. The molecule has 84 valence electrons. The summed E-state index contributed by atoms with van der Waals surface area (Å²) in [6, 6.07) is 8.28. The van der Waals surface area contributed by atoms with Gasteiger partial charge in [0.05, 0.1) is 6.61 Å². The predicted molar refractivity (Wildman–Crippen MR) is 60.8 cm³/mol. The number of methoxy groups -OCH3 is 2. The smallest absolute Gasteiger partial charge is 0.105 e. The van der Waals surface area contributed by atoms with Gasteiger partial charge in [-0.15, -0.1) is 0 Å². The summed E-state index contributed by atoms with van der Waals surface area (Å²) in [7, 11) is 3.37. The topological polar surface area (TPSA) is 44.5 Å². The van der Waals surface area contributed by atoms with E-state index in [1.165, 1.54) is 5.56 Å². The zero-order valence-corrected chi connectivity index (χ0v) is 9.40. The molecule has 0 spiro atoms. The molecule has 1 atom stereocenters. The Hall–Kier alpha value is -0.900. The van der Waals surface area contributed by atoms with Crippen molar-refractivity contribution in [2.24, 2.45) is 5.73 Å². The maximum Gasteiger partial charge on any atom is 0.105 e. The Balaban J connectivity index is 2.77. The van der Waals surface area contributed by atoms with E-state index < -0.39 is 0 Å². The van der Waals surface area contributed by atoms with Crippen molar-refractivity contribution in [2.45, 2.75) is 12.5 Å². The summed E-state index contributed by atoms with van der Waals surface area (Å²) in [5, 5.41) is 0. The summed E-state index contributed by atoms with van der Waals surface area (Å²) < 4.78 is 10.5. The van der Waals surface area contributed by atoms with Crippen LogP contribution in [0, 0.1) is 0 Å². The van der Waals surface area contributed by atoms with E-state index >= 15 is 0 Å². The molecular formula is C12H19NO2. The molecule has 1 rings (SSSR count). The zero-order chi connectivity index (χ0) is 11.1. The first kappa shape index (κ1) is 12.2. The SMILES string of the molecule is COCC(OC)c1cccc(CCN)c1. The number of hydrogen-bond donors (Lipinski definition) is 1. The highest BCUT2D eigenvalue weighted by atomic mass is 16.5. The van der Waals surface area contributed by atoms with Crippen LogP contribution in [0.1, 0.15) is 17.2 Å². The van der Waals surface area contributed by atoms with Crippen LogP contribution in [0.2, 0.25) is 0 Å². The molecule has 0 amide bonds. The third-order valence-corrected chi connectivity index (χ3v) is 2.36. The van der Waals surface area contributed by atoms with Crippen LogP contribution in [-0.2, 0) is 15.9 Å². The van der Waals surface area contributed by atoms with Gasteiger partial charge in [0.25, 0.3) is 0 Å². The summed E-state index contributed by atoms with van der Waals surface area (Å²) in [5.41, 5.74) is 7.91. The molecule has 0 aliphatic heterocycles. The minimum atomic E-state index is 0.00715. The Morgan fingerprint density at radius 2 is 2.13 bits per heavy atom. The van der Waals surface area contributed by atoms with Crippen LogP contribution in [0.3, 0.4) is 0 Å². The van der Waals surface area contributed by atoms with E-state index in [4.69, 9.17) is 15.2 Å². The van der Waals surface area contributed by atoms with Gasteiger partial charge in [0.15, 0.2) is 0 Å². The molecule has 1 aromatic carbocycles. The highest BCUT2D eigenvalue weighted by Crippen LogP contribution is 2.18. The molecule has 15 heavy (non-hydrogen) atoms. The third kappa shape index (κ3) is 3.63. The van der Waals surface area contributed by atoms with Crippen LogP contribution >= 0.6 is 0 Å². The van der Waals surface area contributed by atoms with E-state index in [9.17, 15) is 0 Å². The van der Waals surface area contributed by atoms with Crippen molar-refractivity contribution in [1.82, 2.24) is 0 Å². The van der Waals surface area contributed by atoms with Gasteiger partial charge in [-0.1, -0.05) is 24.3 Å². The monoisotopic (exact) mass is 209 g/mol. The van der Waals surface area contributed by atoms with E-state index in [0.717, 1.165) is 12.0 Å². The molecule has 0 radical (unpaired) electrons. The second-order valence-electron chi connectivity index (χ2n) is 3.46. The molecule has 3 heteroatoms. The largest absolute Gasteiger partial charge is 0.382 e. The van der Waals surface area contributed by atoms with Gasteiger partial charge >= 0.3 is 0 Å². The zero-order valence-electron chi connectivity index (χ0n) is 9.40. The minimum absolute atomic E-state index is 0.00715. The van der Waals surface area contributed by atoms with Crippen LogP contribution in [-0.4, -0.2) is 27.4 Å². The van der Waals surface area contributed by atoms with E-state index in [1.807, 2.05) is 12.1 Å². The molecule has 0 bridgehead atoms. The lowest BCUT2D eigenvalue weighted by Crippen LogP contribution is -2.09. The number of benzene rings is 1. The van der Waals surface area contributed by atoms with Crippen molar-refractivity contribution in [3.63, 3.8) is 0 Å². The maximum atomic E-state index is 5.52. The number of nitrogens with two attached hydrogens (primary N) is 1. The van der Waals surface area contributed by atoms with Crippen molar-refractivity contribution in [3.05, 3.63) is 35.4 Å². The van der Waals surface area contributed by atoms with Crippen LogP contribution < -0.4 is 5.73 Å². The van der Waals surface area contributed by atoms with Crippen LogP contribution in [0.5, 0.6) is 0 Å². The second-order valence-corrected chi connectivity index (χ2v) is 3.46. The lowest BCUT2D eigenvalue weighted by atomic mass is 10.0. The van der Waals surface area contributed by atoms with Crippen LogP contribution in [0.25, 0.3) is 0 Å². The second kappa shape index (κ2) is 6.56. The molecule has 3 nitrogen and oxygen atoms in total. The first-order valence-electron chi connectivity index (χ1n) is 5.12. The third-order valence-electron chi connectivity index (χ3n) is 2.36. The lowest BCUT2D eigenvalue weighted by molar-refractivity contribution is 0.0274. The Morgan fingerprint density at radius 1 is 1.33 bits per heavy atom. The van der Waals surface area contributed by atoms with E-state index in [1.54, 1.807) is 14.2 Å². The fourth-order valence-corrected chi connectivity index (χ4v) is 1.57. The minimum Gasteiger partial charge on any atom is -0.382 e. The van der Waals surface area contributed by atoms with E-state index in [2.05, 4.69) is 12.1 Å². The van der Waals surface area contributed by atoms with Gasteiger partial charge in [0.2, 0.25) is 0 Å². The van der Waals surface area contributed by atoms with Gasteiger partial charge in [-0.25, -0.2) is 0 Å². The van der Waals surface area contributed by atoms with E-state index in [-0.39, 0.29) is 6.10 Å². The Labute approximate surface area is 91.2 Å². The normalized spacial score (nSPS) is 12.7. The first-order valence-corrected chi connectivity index (χ1v) is 5.12. The molecule has 0 saturated carbocycles. The highest BCUT2D eigenvalue weighted by molar-refractivity contribution is 5.25. The van der Waals surface area contributed by atoms with Gasteiger partial charge in [0, 0.05) is 14.2 Å². The number of rotatable bonds is 6. The molecule has 0 aliphatic rings. The first-order chi connectivity index (χ1) is 7.31. The quantitative estimate of drug-likeness (QED) is 0.772. The molecule has 0 fully saturated rings. The van der Waals surface area contributed by atoms with Crippen molar-refractivity contribution in [3.8, 4) is 0 Å². The highest BCUT2D eigenvalue weighted by Gasteiger charge is 2.09. The van der Waals surface area contributed by atoms with E-state index in [0.29, 0.717) is 13.2 Å². The molecule has 0 heterocycles. The van der Waals surface area contributed by atoms with Crippen molar-refractivity contribution in [2.75, 3.05) is 27.4 Å².